The van der Waals surface area contributed by atoms with Gasteiger partial charge in [0.05, 0.1) is 6.61 Å². The number of carboxylic acid groups (broad SMARTS) is 1. The lowest BCUT2D eigenvalue weighted by molar-refractivity contribution is -0.332. The van der Waals surface area contributed by atoms with E-state index in [-0.39, 0.29) is 13.2 Å². The minimum atomic E-state index is -3.97. The Morgan fingerprint density at radius 3 is 2.37 bits per heavy atom. The highest BCUT2D eigenvalue weighted by Gasteiger charge is 2.31. The van der Waals surface area contributed by atoms with Crippen molar-refractivity contribution in [3.8, 4) is 5.75 Å². The van der Waals surface area contributed by atoms with Crippen LogP contribution in [-0.2, 0) is 9.53 Å². The van der Waals surface area contributed by atoms with Crippen LogP contribution in [0.1, 0.15) is 11.1 Å². The number of hydrogen-bond acceptors (Lipinski definition) is 4. The van der Waals surface area contributed by atoms with Crippen molar-refractivity contribution in [2.45, 2.75) is 19.8 Å². The molecule has 6 heteroatoms. The number of carbonyl (C=O) groups is 1. The highest BCUT2D eigenvalue weighted by Crippen LogP contribution is 2.22. The van der Waals surface area contributed by atoms with E-state index in [0.29, 0.717) is 5.75 Å². The van der Waals surface area contributed by atoms with E-state index in [0.717, 1.165) is 11.1 Å². The fourth-order valence-corrected chi connectivity index (χ4v) is 1.49. The molecule has 1 aromatic rings. The summed E-state index contributed by atoms with van der Waals surface area (Å²) in [5.74, 6) is -5.74. The van der Waals surface area contributed by atoms with Gasteiger partial charge in [-0.1, -0.05) is 18.2 Å². The molecule has 0 aliphatic rings. The average Bonchev–Trinajstić information content (AvgIpc) is 2.31. The summed E-state index contributed by atoms with van der Waals surface area (Å²) in [5, 5.41) is 10.0. The predicted molar refractivity (Wildman–Crippen MR) is 62.2 cm³/mol. The summed E-state index contributed by atoms with van der Waals surface area (Å²) in [7, 11) is 0. The molecular weight excluding hydrogens is 258 g/mol. The second-order valence-corrected chi connectivity index (χ2v) is 4.11. The smallest absolute Gasteiger partial charge is 0.309 e. The second-order valence-electron chi connectivity index (χ2n) is 4.11. The number of hydrogen-bond donors (Lipinski definition) is 0. The lowest BCUT2D eigenvalue weighted by Gasteiger charge is -2.17. The van der Waals surface area contributed by atoms with Crippen LogP contribution in [0.15, 0.2) is 18.2 Å². The number of carboxylic acids is 1. The molecule has 0 atom stereocenters. The highest BCUT2D eigenvalue weighted by molar-refractivity contribution is 5.73. The van der Waals surface area contributed by atoms with Gasteiger partial charge in [0.15, 0.2) is 0 Å². The molecule has 0 spiro atoms. The zero-order valence-electron chi connectivity index (χ0n) is 10.7. The van der Waals surface area contributed by atoms with Gasteiger partial charge < -0.3 is 19.4 Å². The van der Waals surface area contributed by atoms with Gasteiger partial charge in [0.25, 0.3) is 0 Å². The van der Waals surface area contributed by atoms with Crippen LogP contribution in [-0.4, -0.2) is 31.7 Å². The van der Waals surface area contributed by atoms with E-state index >= 15 is 0 Å². The average molecular weight is 273 g/mol. The second kappa shape index (κ2) is 6.47. The van der Waals surface area contributed by atoms with Gasteiger partial charge >= 0.3 is 5.92 Å². The summed E-state index contributed by atoms with van der Waals surface area (Å²) in [6.07, 6.45) is 0. The molecule has 0 amide bonds. The number of halogens is 2. The number of benzene rings is 1. The molecule has 0 aliphatic heterocycles. The highest BCUT2D eigenvalue weighted by atomic mass is 19.3. The van der Waals surface area contributed by atoms with Crippen LogP contribution in [0, 0.1) is 13.8 Å². The first-order chi connectivity index (χ1) is 8.84. The topological polar surface area (TPSA) is 58.6 Å². The van der Waals surface area contributed by atoms with E-state index in [4.69, 9.17) is 4.74 Å². The number of carbonyl (C=O) groups excluding carboxylic acids is 1. The molecule has 0 aliphatic carbocycles. The van der Waals surface area contributed by atoms with Crippen LogP contribution in [0.25, 0.3) is 0 Å². The molecule has 4 nitrogen and oxygen atoms in total. The van der Waals surface area contributed by atoms with Crippen LogP contribution in [0.5, 0.6) is 5.75 Å². The van der Waals surface area contributed by atoms with E-state index < -0.39 is 18.5 Å². The van der Waals surface area contributed by atoms with Crippen molar-refractivity contribution >= 4 is 5.97 Å². The zero-order valence-corrected chi connectivity index (χ0v) is 10.7. The third kappa shape index (κ3) is 4.48. The Hall–Kier alpha value is -1.69. The van der Waals surface area contributed by atoms with E-state index in [1.54, 1.807) is 0 Å². The summed E-state index contributed by atoms with van der Waals surface area (Å²) < 4.78 is 35.2. The number of alkyl halides is 2. The van der Waals surface area contributed by atoms with Gasteiger partial charge in [-0.2, -0.15) is 8.78 Å². The Morgan fingerprint density at radius 2 is 1.84 bits per heavy atom. The number of rotatable bonds is 7. The maximum atomic E-state index is 12.6. The Balaban J connectivity index is 2.34. The van der Waals surface area contributed by atoms with Gasteiger partial charge in [-0.25, -0.2) is 0 Å². The molecule has 0 N–H and O–H groups in total. The Labute approximate surface area is 109 Å². The van der Waals surface area contributed by atoms with Crippen molar-refractivity contribution in [1.82, 2.24) is 0 Å². The molecule has 0 fully saturated rings. The van der Waals surface area contributed by atoms with Crippen molar-refractivity contribution in [2.75, 3.05) is 19.8 Å². The van der Waals surface area contributed by atoms with Crippen LogP contribution >= 0.6 is 0 Å². The summed E-state index contributed by atoms with van der Waals surface area (Å²) in [6.45, 7) is 2.46. The maximum Gasteiger partial charge on any atom is 0.309 e. The summed E-state index contributed by atoms with van der Waals surface area (Å²) in [4.78, 5) is 10.0. The van der Waals surface area contributed by atoms with Crippen molar-refractivity contribution in [3.63, 3.8) is 0 Å². The standard InChI is InChI=1S/C13H16F2O4/c1-9-4-3-5-10(2)11(9)19-7-6-18-8-13(14,15)12(16)17/h3-5H,6-8H2,1-2H3,(H,16,17)/p-1. The molecule has 1 aromatic carbocycles. The maximum absolute atomic E-state index is 12.6. The van der Waals surface area contributed by atoms with Gasteiger partial charge in [-0.05, 0) is 25.0 Å². The number of para-hydroxylation sites is 1. The lowest BCUT2D eigenvalue weighted by Crippen LogP contribution is -2.44. The fraction of sp³-hybridized carbons (Fsp3) is 0.462. The van der Waals surface area contributed by atoms with Gasteiger partial charge in [0.1, 0.15) is 24.9 Å². The van der Waals surface area contributed by atoms with Crippen molar-refractivity contribution < 1.29 is 28.2 Å². The molecule has 19 heavy (non-hydrogen) atoms. The molecule has 0 bridgehead atoms. The molecular formula is C13H15F2O4-. The quantitative estimate of drug-likeness (QED) is 0.698. The normalized spacial score (nSPS) is 11.4. The van der Waals surface area contributed by atoms with Gasteiger partial charge in [0.2, 0.25) is 0 Å². The molecule has 106 valence electrons. The summed E-state index contributed by atoms with van der Waals surface area (Å²) >= 11 is 0. The van der Waals surface area contributed by atoms with Gasteiger partial charge in [0, 0.05) is 0 Å². The number of aliphatic carboxylic acids is 1. The Kier molecular flexibility index (Phi) is 5.23. The molecule has 0 heterocycles. The van der Waals surface area contributed by atoms with Gasteiger partial charge in [-0.15, -0.1) is 0 Å². The molecule has 0 radical (unpaired) electrons. The first-order valence-corrected chi connectivity index (χ1v) is 5.70. The van der Waals surface area contributed by atoms with E-state index in [1.165, 1.54) is 0 Å². The van der Waals surface area contributed by atoms with Crippen molar-refractivity contribution in [3.05, 3.63) is 29.3 Å². The minimum Gasteiger partial charge on any atom is -0.544 e. The molecule has 1 rings (SSSR count). The predicted octanol–water partition coefficient (Wildman–Crippen LogP) is 1.08. The molecule has 0 saturated carbocycles. The summed E-state index contributed by atoms with van der Waals surface area (Å²) in [5.41, 5.74) is 1.86. The van der Waals surface area contributed by atoms with Crippen LogP contribution < -0.4 is 9.84 Å². The monoisotopic (exact) mass is 273 g/mol. The number of aryl methyl sites for hydroxylation is 2. The zero-order chi connectivity index (χ0) is 14.5. The summed E-state index contributed by atoms with van der Waals surface area (Å²) in [6, 6.07) is 5.62. The van der Waals surface area contributed by atoms with E-state index in [9.17, 15) is 18.7 Å². The van der Waals surface area contributed by atoms with Crippen LogP contribution in [0.4, 0.5) is 8.78 Å². The SMILES string of the molecule is Cc1cccc(C)c1OCCOCC(F)(F)C(=O)[O-]. The Bertz CT molecular complexity index is 426. The van der Waals surface area contributed by atoms with Crippen molar-refractivity contribution in [2.24, 2.45) is 0 Å². The molecule has 0 saturated heterocycles. The van der Waals surface area contributed by atoms with Crippen molar-refractivity contribution in [1.29, 1.82) is 0 Å². The molecule has 0 aromatic heterocycles. The third-order valence-corrected chi connectivity index (χ3v) is 2.46. The first-order valence-electron chi connectivity index (χ1n) is 5.70. The third-order valence-electron chi connectivity index (χ3n) is 2.46. The largest absolute Gasteiger partial charge is 0.544 e. The van der Waals surface area contributed by atoms with E-state index in [2.05, 4.69) is 4.74 Å². The van der Waals surface area contributed by atoms with E-state index in [1.807, 2.05) is 32.0 Å². The Morgan fingerprint density at radius 1 is 1.26 bits per heavy atom. The minimum absolute atomic E-state index is 0.0643. The lowest BCUT2D eigenvalue weighted by atomic mass is 10.1. The first kappa shape index (κ1) is 15.4. The van der Waals surface area contributed by atoms with Gasteiger partial charge in [-0.3, -0.25) is 0 Å². The fourth-order valence-electron chi connectivity index (χ4n) is 1.49. The van der Waals surface area contributed by atoms with Crippen LogP contribution in [0.3, 0.4) is 0 Å². The molecule has 0 unspecified atom stereocenters. The van der Waals surface area contributed by atoms with Crippen LogP contribution in [0.2, 0.25) is 0 Å². The number of ether oxygens (including phenoxy) is 2.